The van der Waals surface area contributed by atoms with Crippen LogP contribution in [0.3, 0.4) is 0 Å². The van der Waals surface area contributed by atoms with E-state index in [9.17, 15) is 0 Å². The average molecular weight is 199 g/mol. The molecule has 1 aliphatic heterocycles. The van der Waals surface area contributed by atoms with Gasteiger partial charge in [-0.3, -0.25) is 0 Å². The molecule has 1 fully saturated rings. The molecule has 0 amide bonds. The molecule has 0 bridgehead atoms. The molecule has 2 atom stereocenters. The van der Waals surface area contributed by atoms with Gasteiger partial charge in [-0.2, -0.15) is 0 Å². The number of rotatable bonds is 5. The largest absolute Gasteiger partial charge is 0.329 e. The second-order valence-corrected chi connectivity index (χ2v) is 4.55. The Hall–Kier alpha value is -0.120. The van der Waals surface area contributed by atoms with Crippen LogP contribution in [-0.4, -0.2) is 37.1 Å². The van der Waals surface area contributed by atoms with Crippen molar-refractivity contribution in [3.63, 3.8) is 0 Å². The summed E-state index contributed by atoms with van der Waals surface area (Å²) in [4.78, 5) is 2.43. The Morgan fingerprint density at radius 1 is 1.36 bits per heavy atom. The van der Waals surface area contributed by atoms with Crippen LogP contribution in [0.5, 0.6) is 0 Å². The fourth-order valence-electron chi connectivity index (χ4n) is 2.42. The molecule has 1 rings (SSSR count). The van der Waals surface area contributed by atoms with Crippen molar-refractivity contribution in [3.05, 3.63) is 0 Å². The molecule has 3 heteroatoms. The first-order chi connectivity index (χ1) is 6.76. The number of likely N-dealkylation sites (tertiary alicyclic amines) is 1. The highest BCUT2D eigenvalue weighted by atomic mass is 15.2. The van der Waals surface area contributed by atoms with E-state index in [4.69, 9.17) is 11.5 Å². The Kier molecular flexibility index (Phi) is 5.45. The molecule has 0 aromatic rings. The fourth-order valence-corrected chi connectivity index (χ4v) is 2.42. The third-order valence-electron chi connectivity index (χ3n) is 3.06. The molecule has 2 unspecified atom stereocenters. The van der Waals surface area contributed by atoms with Crippen LogP contribution in [0, 0.1) is 5.92 Å². The van der Waals surface area contributed by atoms with Crippen molar-refractivity contribution in [2.45, 2.75) is 38.6 Å². The van der Waals surface area contributed by atoms with Crippen molar-refractivity contribution >= 4 is 0 Å². The van der Waals surface area contributed by atoms with Gasteiger partial charge in [0.1, 0.15) is 0 Å². The predicted molar refractivity (Wildman–Crippen MR) is 61.1 cm³/mol. The number of piperidine rings is 1. The maximum absolute atomic E-state index is 6.04. The van der Waals surface area contributed by atoms with Crippen LogP contribution < -0.4 is 11.5 Å². The summed E-state index contributed by atoms with van der Waals surface area (Å²) in [6.45, 7) is 6.27. The molecule has 0 aliphatic carbocycles. The van der Waals surface area contributed by atoms with Gasteiger partial charge in [-0.15, -0.1) is 0 Å². The van der Waals surface area contributed by atoms with Gasteiger partial charge in [0, 0.05) is 32.2 Å². The number of nitrogens with zero attached hydrogens (tertiary/aromatic N) is 1. The Bertz CT molecular complexity index is 149. The van der Waals surface area contributed by atoms with Crippen LogP contribution in [0.4, 0.5) is 0 Å². The van der Waals surface area contributed by atoms with Crippen molar-refractivity contribution in [3.8, 4) is 0 Å². The summed E-state index contributed by atoms with van der Waals surface area (Å²) in [6, 6.07) is 0.372. The first-order valence-electron chi connectivity index (χ1n) is 5.94. The van der Waals surface area contributed by atoms with Gasteiger partial charge in [0.25, 0.3) is 0 Å². The molecule has 84 valence electrons. The van der Waals surface area contributed by atoms with E-state index >= 15 is 0 Å². The topological polar surface area (TPSA) is 55.3 Å². The molecule has 0 aromatic carbocycles. The van der Waals surface area contributed by atoms with Gasteiger partial charge >= 0.3 is 0 Å². The first-order valence-corrected chi connectivity index (χ1v) is 5.94. The van der Waals surface area contributed by atoms with Gasteiger partial charge in [0.15, 0.2) is 0 Å². The predicted octanol–water partition coefficient (Wildman–Crippen LogP) is 0.785. The summed E-state index contributed by atoms with van der Waals surface area (Å²) >= 11 is 0. The van der Waals surface area contributed by atoms with E-state index in [0.717, 1.165) is 25.6 Å². The van der Waals surface area contributed by atoms with Crippen LogP contribution in [-0.2, 0) is 0 Å². The van der Waals surface area contributed by atoms with Crippen molar-refractivity contribution < 1.29 is 0 Å². The van der Waals surface area contributed by atoms with Gasteiger partial charge < -0.3 is 16.4 Å². The van der Waals surface area contributed by atoms with Crippen molar-refractivity contribution in [2.75, 3.05) is 26.2 Å². The molecule has 14 heavy (non-hydrogen) atoms. The van der Waals surface area contributed by atoms with Gasteiger partial charge in [-0.25, -0.2) is 0 Å². The minimum Gasteiger partial charge on any atom is -0.329 e. The number of nitrogens with two attached hydrogens (primary N) is 2. The highest BCUT2D eigenvalue weighted by Gasteiger charge is 2.23. The highest BCUT2D eigenvalue weighted by Crippen LogP contribution is 2.20. The summed E-state index contributed by atoms with van der Waals surface area (Å²) in [5.41, 5.74) is 11.6. The van der Waals surface area contributed by atoms with E-state index in [2.05, 4.69) is 11.8 Å². The van der Waals surface area contributed by atoms with E-state index in [-0.39, 0.29) is 0 Å². The SMILES string of the molecule is CCCCC1CC(N)CN(CCN)C1. The Labute approximate surface area is 87.8 Å². The molecule has 1 saturated heterocycles. The lowest BCUT2D eigenvalue weighted by Gasteiger charge is -2.36. The smallest absolute Gasteiger partial charge is 0.0170 e. The molecule has 0 radical (unpaired) electrons. The van der Waals surface area contributed by atoms with Crippen molar-refractivity contribution in [1.29, 1.82) is 0 Å². The minimum absolute atomic E-state index is 0.372. The number of hydrogen-bond acceptors (Lipinski definition) is 3. The molecule has 4 N–H and O–H groups in total. The number of hydrogen-bond donors (Lipinski definition) is 2. The Balaban J connectivity index is 2.29. The van der Waals surface area contributed by atoms with Gasteiger partial charge in [-0.1, -0.05) is 19.8 Å². The summed E-state index contributed by atoms with van der Waals surface area (Å²) in [6.07, 6.45) is 5.18. The average Bonchev–Trinajstić information content (AvgIpc) is 2.14. The second-order valence-electron chi connectivity index (χ2n) is 4.55. The lowest BCUT2D eigenvalue weighted by molar-refractivity contribution is 0.153. The van der Waals surface area contributed by atoms with E-state index < -0.39 is 0 Å². The summed E-state index contributed by atoms with van der Waals surface area (Å²) in [5.74, 6) is 0.810. The fraction of sp³-hybridized carbons (Fsp3) is 1.00. The Morgan fingerprint density at radius 3 is 2.79 bits per heavy atom. The molecule has 1 aliphatic rings. The lowest BCUT2D eigenvalue weighted by atomic mass is 9.90. The number of unbranched alkanes of at least 4 members (excludes halogenated alkanes) is 1. The maximum Gasteiger partial charge on any atom is 0.0170 e. The van der Waals surface area contributed by atoms with Crippen molar-refractivity contribution in [1.82, 2.24) is 4.90 Å². The van der Waals surface area contributed by atoms with Crippen LogP contribution in [0.1, 0.15) is 32.6 Å². The minimum atomic E-state index is 0.372. The van der Waals surface area contributed by atoms with Gasteiger partial charge in [0.2, 0.25) is 0 Å². The molecular formula is C11H25N3. The molecular weight excluding hydrogens is 174 g/mol. The zero-order valence-corrected chi connectivity index (χ0v) is 9.41. The first kappa shape index (κ1) is 12.0. The standard InChI is InChI=1S/C11H25N3/c1-2-3-4-10-7-11(13)9-14(8-10)6-5-12/h10-11H,2-9,12-13H2,1H3. The van der Waals surface area contributed by atoms with Crippen LogP contribution >= 0.6 is 0 Å². The lowest BCUT2D eigenvalue weighted by Crippen LogP contribution is -2.48. The third-order valence-corrected chi connectivity index (χ3v) is 3.06. The summed E-state index contributed by atoms with van der Waals surface area (Å²) < 4.78 is 0. The van der Waals surface area contributed by atoms with E-state index in [1.165, 1.54) is 32.2 Å². The zero-order chi connectivity index (χ0) is 10.4. The van der Waals surface area contributed by atoms with Gasteiger partial charge in [-0.05, 0) is 18.8 Å². The molecule has 3 nitrogen and oxygen atoms in total. The van der Waals surface area contributed by atoms with E-state index in [1.54, 1.807) is 0 Å². The van der Waals surface area contributed by atoms with Crippen LogP contribution in [0.25, 0.3) is 0 Å². The van der Waals surface area contributed by atoms with Crippen LogP contribution in [0.2, 0.25) is 0 Å². The molecule has 0 saturated carbocycles. The van der Waals surface area contributed by atoms with Crippen LogP contribution in [0.15, 0.2) is 0 Å². The van der Waals surface area contributed by atoms with E-state index in [0.29, 0.717) is 6.04 Å². The zero-order valence-electron chi connectivity index (χ0n) is 9.41. The summed E-state index contributed by atoms with van der Waals surface area (Å²) in [7, 11) is 0. The summed E-state index contributed by atoms with van der Waals surface area (Å²) in [5, 5.41) is 0. The monoisotopic (exact) mass is 199 g/mol. The van der Waals surface area contributed by atoms with Gasteiger partial charge in [0.05, 0.1) is 0 Å². The highest BCUT2D eigenvalue weighted by molar-refractivity contribution is 4.81. The van der Waals surface area contributed by atoms with Crippen molar-refractivity contribution in [2.24, 2.45) is 17.4 Å². The molecule has 0 aromatic heterocycles. The second kappa shape index (κ2) is 6.38. The Morgan fingerprint density at radius 2 is 2.14 bits per heavy atom. The quantitative estimate of drug-likeness (QED) is 0.688. The maximum atomic E-state index is 6.04. The third kappa shape index (κ3) is 3.95. The molecule has 0 spiro atoms. The molecule has 1 heterocycles. The van der Waals surface area contributed by atoms with E-state index in [1.807, 2.05) is 0 Å². The normalized spacial score (nSPS) is 29.4.